The van der Waals surface area contributed by atoms with Crippen LogP contribution in [0.2, 0.25) is 0 Å². The highest BCUT2D eigenvalue weighted by molar-refractivity contribution is 7.87. The molecule has 0 radical (unpaired) electrons. The lowest BCUT2D eigenvalue weighted by atomic mass is 9.87. The van der Waals surface area contributed by atoms with Gasteiger partial charge in [0, 0.05) is 42.9 Å². The topological polar surface area (TPSA) is 203 Å². The van der Waals surface area contributed by atoms with Crippen LogP contribution in [0.4, 0.5) is 11.4 Å². The number of aromatic hydroxyl groups is 1. The molecule has 13 nitrogen and oxygen atoms in total. The molecule has 0 saturated carbocycles. The molecule has 0 fully saturated rings. The Morgan fingerprint density at radius 3 is 2.42 bits per heavy atom. The number of aliphatic carboxylic acids is 1. The van der Waals surface area contributed by atoms with Crippen molar-refractivity contribution < 1.29 is 49.9 Å². The van der Waals surface area contributed by atoms with Crippen molar-refractivity contribution in [2.75, 3.05) is 24.5 Å². The van der Waals surface area contributed by atoms with Crippen LogP contribution in [0.15, 0.2) is 68.7 Å². The van der Waals surface area contributed by atoms with Gasteiger partial charge in [0.1, 0.15) is 27.9 Å². The fraction of sp³-hybridized carbons (Fsp3) is 0.364. The predicted molar refractivity (Wildman–Crippen MR) is 182 cm³/mol. The predicted octanol–water partition coefficient (Wildman–Crippen LogP) is 4.65. The molecule has 0 bridgehead atoms. The van der Waals surface area contributed by atoms with E-state index >= 15 is 0 Å². The van der Waals surface area contributed by atoms with E-state index in [1.54, 1.807) is 22.9 Å². The number of allylic oxidation sites excluding steroid dienone is 2. The molecule has 0 aliphatic carbocycles. The number of nitrogens with zero attached hydrogens (tertiary/aromatic N) is 2. The van der Waals surface area contributed by atoms with Gasteiger partial charge in [0.25, 0.3) is 20.2 Å². The highest BCUT2D eigenvalue weighted by atomic mass is 32.2. The fourth-order valence-electron chi connectivity index (χ4n) is 5.88. The van der Waals surface area contributed by atoms with Crippen molar-refractivity contribution >= 4 is 60.8 Å². The van der Waals surface area contributed by atoms with Crippen LogP contribution in [0.1, 0.15) is 51.2 Å². The molecule has 4 N–H and O–H groups in total. The summed E-state index contributed by atoms with van der Waals surface area (Å²) in [5, 5.41) is 20.4. The third-order valence-corrected chi connectivity index (χ3v) is 11.3. The summed E-state index contributed by atoms with van der Waals surface area (Å²) in [5.74, 6) is -2.38. The quantitative estimate of drug-likeness (QED) is 0.0740. The van der Waals surface area contributed by atoms with Crippen molar-refractivity contribution in [3.05, 3.63) is 76.2 Å². The molecule has 1 aliphatic heterocycles. The van der Waals surface area contributed by atoms with E-state index < -0.39 is 42.5 Å². The summed E-state index contributed by atoms with van der Waals surface area (Å²) in [6, 6.07) is 9.15. The maximum absolute atomic E-state index is 12.9. The molecule has 2 heterocycles. The molecule has 1 aromatic heterocycles. The van der Waals surface area contributed by atoms with E-state index in [2.05, 4.69) is 4.90 Å². The van der Waals surface area contributed by atoms with Gasteiger partial charge in [-0.05, 0) is 64.0 Å². The number of rotatable bonds is 15. The monoisotopic (exact) mass is 703 g/mol. The Kier molecular flexibility index (Phi) is 11.0. The van der Waals surface area contributed by atoms with Crippen LogP contribution in [0, 0.1) is 5.92 Å². The Hall–Kier alpha value is -4.31. The van der Waals surface area contributed by atoms with Crippen LogP contribution >= 0.6 is 0 Å². The number of hydrogen-bond donors (Lipinski definition) is 4. The molecular weight excluding hydrogens is 665 g/mol. The van der Waals surface area contributed by atoms with Crippen LogP contribution in [0.25, 0.3) is 17.0 Å². The van der Waals surface area contributed by atoms with Crippen molar-refractivity contribution in [3.8, 4) is 5.75 Å². The maximum atomic E-state index is 12.9. The van der Waals surface area contributed by atoms with Gasteiger partial charge in [-0.25, -0.2) is 9.37 Å². The van der Waals surface area contributed by atoms with Crippen LogP contribution in [-0.4, -0.2) is 77.3 Å². The lowest BCUT2D eigenvalue weighted by molar-refractivity contribution is -0.440. The van der Waals surface area contributed by atoms with Gasteiger partial charge in [-0.2, -0.15) is 16.8 Å². The number of carboxylic acids is 1. The number of carbonyl (C=O) groups is 1. The standard InChI is InChI=1S/C33H38N2O11S2/c1-4-34(5-2)24-12-14-26-29(20-24)46-32(39)27(31(26)38)10-7-6-9-23(33(3,48(43,44)45)17-8-11-30(36)37)21-35-18-16-22-19-25(47(40,41)42)13-15-28(22)35/h6-7,9-10,12-15,18-20,23H,4-5,8,11,16-17,21H2,1-3H3,(H3-,36,37,38,39,40,41,42,43,44,45)/p+1. The zero-order chi connectivity index (χ0) is 35.4. The lowest BCUT2D eigenvalue weighted by Crippen LogP contribution is -2.45. The van der Waals surface area contributed by atoms with Crippen LogP contribution in [-0.2, 0) is 31.5 Å². The van der Waals surface area contributed by atoms with Crippen LogP contribution in [0.3, 0.4) is 0 Å². The van der Waals surface area contributed by atoms with Crippen molar-refractivity contribution in [1.82, 2.24) is 0 Å². The number of hydrogen-bond acceptors (Lipinski definition) is 9. The first-order valence-corrected chi connectivity index (χ1v) is 18.2. The Bertz CT molecular complexity index is 2080. The number of fused-ring (bicyclic) bond motifs is 2. The first-order chi connectivity index (χ1) is 22.5. The minimum atomic E-state index is -4.78. The van der Waals surface area contributed by atoms with Gasteiger partial charge in [-0.3, -0.25) is 13.9 Å². The van der Waals surface area contributed by atoms with Gasteiger partial charge < -0.3 is 19.5 Å². The van der Waals surface area contributed by atoms with Gasteiger partial charge >= 0.3 is 11.6 Å². The molecule has 15 heteroatoms. The van der Waals surface area contributed by atoms with Crippen LogP contribution < -0.4 is 10.5 Å². The van der Waals surface area contributed by atoms with Gasteiger partial charge in [0.2, 0.25) is 5.69 Å². The minimum Gasteiger partial charge on any atom is -0.506 e. The second kappa shape index (κ2) is 14.4. The third kappa shape index (κ3) is 7.86. The summed E-state index contributed by atoms with van der Waals surface area (Å²) >= 11 is 0. The number of benzene rings is 2. The summed E-state index contributed by atoms with van der Waals surface area (Å²) in [7, 11) is -9.23. The van der Waals surface area contributed by atoms with E-state index in [1.165, 1.54) is 49.4 Å². The van der Waals surface area contributed by atoms with E-state index in [9.17, 15) is 40.6 Å². The average Bonchev–Trinajstić information content (AvgIpc) is 3.41. The number of anilines is 1. The molecule has 1 aliphatic rings. The molecule has 2 atom stereocenters. The van der Waals surface area contributed by atoms with Crippen molar-refractivity contribution in [3.63, 3.8) is 0 Å². The van der Waals surface area contributed by atoms with Gasteiger partial charge in [0.05, 0.1) is 22.6 Å². The van der Waals surface area contributed by atoms with Gasteiger partial charge in [-0.1, -0.05) is 18.2 Å². The fourth-order valence-corrected chi connectivity index (χ4v) is 7.35. The normalized spacial score (nSPS) is 15.5. The van der Waals surface area contributed by atoms with E-state index in [4.69, 9.17) is 9.52 Å². The summed E-state index contributed by atoms with van der Waals surface area (Å²) in [4.78, 5) is 25.8. The Morgan fingerprint density at radius 1 is 1.08 bits per heavy atom. The van der Waals surface area contributed by atoms with Crippen molar-refractivity contribution in [2.45, 2.75) is 56.1 Å². The highest BCUT2D eigenvalue weighted by Gasteiger charge is 2.46. The summed E-state index contributed by atoms with van der Waals surface area (Å²) in [6.45, 7) is 6.75. The van der Waals surface area contributed by atoms with E-state index in [-0.39, 0.29) is 54.0 Å². The lowest BCUT2D eigenvalue weighted by Gasteiger charge is -2.31. The zero-order valence-electron chi connectivity index (χ0n) is 26.7. The smallest absolute Gasteiger partial charge is 0.347 e. The molecule has 0 spiro atoms. The molecular formula is C33H39N2O11S2+. The molecule has 258 valence electrons. The Balaban J connectivity index is 1.70. The molecule has 48 heavy (non-hydrogen) atoms. The molecule has 0 amide bonds. The van der Waals surface area contributed by atoms with E-state index in [0.29, 0.717) is 16.6 Å². The first kappa shape index (κ1) is 36.5. The summed E-state index contributed by atoms with van der Waals surface area (Å²) in [5.41, 5.74) is 1.24. The Morgan fingerprint density at radius 2 is 1.79 bits per heavy atom. The molecule has 0 saturated heterocycles. The van der Waals surface area contributed by atoms with Crippen LogP contribution in [0.5, 0.6) is 5.75 Å². The summed E-state index contributed by atoms with van der Waals surface area (Å²) < 4.78 is 74.2. The zero-order valence-corrected chi connectivity index (χ0v) is 28.4. The average molecular weight is 704 g/mol. The Labute approximate surface area is 278 Å². The maximum Gasteiger partial charge on any atom is 0.347 e. The van der Waals surface area contributed by atoms with Crippen molar-refractivity contribution in [1.29, 1.82) is 0 Å². The molecule has 4 rings (SSSR count). The molecule has 2 unspecified atom stereocenters. The molecule has 2 aromatic carbocycles. The SMILES string of the molecule is CCN(CC)c1ccc2c(O)c(C=CC=CC(C[N+]3=CCc4cc(S(=O)(=O)O)ccc43)C(C)(CCCC(=O)O)S(=O)(=O)O)c(=O)oc2c1. The minimum absolute atomic E-state index is 0.0237. The molecule has 3 aromatic rings. The van der Waals surface area contributed by atoms with Gasteiger partial charge in [-0.15, -0.1) is 0 Å². The summed E-state index contributed by atoms with van der Waals surface area (Å²) in [6.07, 6.45) is 7.09. The van der Waals surface area contributed by atoms with Gasteiger partial charge in [0.15, 0.2) is 6.54 Å². The largest absolute Gasteiger partial charge is 0.506 e. The van der Waals surface area contributed by atoms with E-state index in [1.807, 2.05) is 19.9 Å². The second-order valence-corrected chi connectivity index (χ2v) is 15.0. The van der Waals surface area contributed by atoms with E-state index in [0.717, 1.165) is 18.8 Å². The van der Waals surface area contributed by atoms with Crippen molar-refractivity contribution in [2.24, 2.45) is 5.92 Å². The second-order valence-electron chi connectivity index (χ2n) is 11.7. The highest BCUT2D eigenvalue weighted by Crippen LogP contribution is 2.36. The number of carboxylic acid groups (broad SMARTS) is 1. The third-order valence-electron chi connectivity index (χ3n) is 8.76. The first-order valence-electron chi connectivity index (χ1n) is 15.3.